The van der Waals surface area contributed by atoms with E-state index in [1.807, 2.05) is 0 Å². The van der Waals surface area contributed by atoms with Gasteiger partial charge in [-0.2, -0.15) is 0 Å². The number of aromatic nitrogens is 1. The lowest BCUT2D eigenvalue weighted by atomic mass is 10.1. The molecule has 7 heteroatoms. The summed E-state index contributed by atoms with van der Waals surface area (Å²) in [4.78, 5) is 17.6. The zero-order valence-corrected chi connectivity index (χ0v) is 18.3. The van der Waals surface area contributed by atoms with Crippen LogP contribution in [-0.4, -0.2) is 35.2 Å². The van der Waals surface area contributed by atoms with E-state index >= 15 is 0 Å². The highest BCUT2D eigenvalue weighted by Crippen LogP contribution is 2.31. The summed E-state index contributed by atoms with van der Waals surface area (Å²) in [6.45, 7) is 4.99. The summed E-state index contributed by atoms with van der Waals surface area (Å²) in [5.41, 5.74) is 3.63. The normalized spacial score (nSPS) is 15.1. The fourth-order valence-electron chi connectivity index (χ4n) is 3.60. The first-order valence-corrected chi connectivity index (χ1v) is 11.1. The van der Waals surface area contributed by atoms with E-state index in [1.165, 1.54) is 62.6 Å². The number of benzene rings is 2. The molecule has 5 rings (SSSR count). The van der Waals surface area contributed by atoms with Gasteiger partial charge in [-0.3, -0.25) is 4.79 Å². The van der Waals surface area contributed by atoms with E-state index < -0.39 is 0 Å². The Hall–Kier alpha value is -3.48. The molecule has 168 valence electrons. The van der Waals surface area contributed by atoms with E-state index in [2.05, 4.69) is 40.3 Å². The number of hydrogen-bond acceptors (Lipinski definition) is 6. The number of aromatic hydroxyl groups is 1. The molecule has 2 N–H and O–H groups in total. The van der Waals surface area contributed by atoms with E-state index in [0.717, 1.165) is 11.3 Å². The summed E-state index contributed by atoms with van der Waals surface area (Å²) in [6.07, 6.45) is 8.18. The smallest absolute Gasteiger partial charge is 0.288 e. The number of anilines is 1. The molecular formula is C25H29N3O4. The second-order valence-corrected chi connectivity index (χ2v) is 8.17. The van der Waals surface area contributed by atoms with Crippen molar-refractivity contribution in [3.05, 3.63) is 71.9 Å². The Labute approximate surface area is 188 Å². The van der Waals surface area contributed by atoms with E-state index in [0.29, 0.717) is 12.6 Å². The highest BCUT2D eigenvalue weighted by Gasteiger charge is 2.24. The van der Waals surface area contributed by atoms with Crippen LogP contribution in [0.4, 0.5) is 5.69 Å². The highest BCUT2D eigenvalue weighted by atomic mass is 16.5. The summed E-state index contributed by atoms with van der Waals surface area (Å²) in [5.74, 6) is 1.11. The topological polar surface area (TPSA) is 87.8 Å². The molecule has 1 saturated heterocycles. The number of amides is 1. The van der Waals surface area contributed by atoms with Crippen molar-refractivity contribution in [1.29, 1.82) is 0 Å². The molecule has 0 bridgehead atoms. The van der Waals surface area contributed by atoms with Crippen molar-refractivity contribution in [2.24, 2.45) is 0 Å². The zero-order chi connectivity index (χ0) is 22.3. The summed E-state index contributed by atoms with van der Waals surface area (Å²) >= 11 is 0. The van der Waals surface area contributed by atoms with E-state index in [4.69, 9.17) is 14.3 Å². The van der Waals surface area contributed by atoms with Crippen LogP contribution >= 0.6 is 0 Å². The quantitative estimate of drug-likeness (QED) is 0.595. The number of phenolic OH excluding ortho intramolecular Hbond substituents is 1. The molecule has 0 spiro atoms. The fraction of sp³-hybridized carbons (Fsp3) is 0.360. The highest BCUT2D eigenvalue weighted by molar-refractivity contribution is 5.90. The zero-order valence-electron chi connectivity index (χ0n) is 18.3. The Morgan fingerprint density at radius 1 is 1.19 bits per heavy atom. The van der Waals surface area contributed by atoms with Gasteiger partial charge >= 0.3 is 0 Å². The molecule has 32 heavy (non-hydrogen) atoms. The number of rotatable bonds is 6. The van der Waals surface area contributed by atoms with Crippen LogP contribution < -0.4 is 15.0 Å². The molecule has 7 nitrogen and oxygen atoms in total. The molecule has 2 aliphatic rings. The molecule has 0 radical (unpaired) electrons. The largest absolute Gasteiger partial charge is 0.508 e. The van der Waals surface area contributed by atoms with Crippen LogP contribution in [0.2, 0.25) is 0 Å². The minimum absolute atomic E-state index is 0.179. The maximum atomic E-state index is 11.5. The van der Waals surface area contributed by atoms with E-state index in [9.17, 15) is 4.79 Å². The van der Waals surface area contributed by atoms with Crippen molar-refractivity contribution in [3.8, 4) is 11.5 Å². The lowest BCUT2D eigenvalue weighted by molar-refractivity contribution is 0.0923. The second-order valence-electron chi connectivity index (χ2n) is 8.17. The molecule has 2 fully saturated rings. The number of aryl methyl sites for hydroxylation is 1. The molecule has 1 aliphatic carbocycles. The Kier molecular flexibility index (Phi) is 6.94. The van der Waals surface area contributed by atoms with Crippen LogP contribution in [0.15, 0.2) is 59.5 Å². The minimum Gasteiger partial charge on any atom is -0.508 e. The number of oxazole rings is 1. The summed E-state index contributed by atoms with van der Waals surface area (Å²) in [6, 6.07) is 13.1. The summed E-state index contributed by atoms with van der Waals surface area (Å²) in [7, 11) is 0. The van der Waals surface area contributed by atoms with Gasteiger partial charge in [0.15, 0.2) is 6.39 Å². The van der Waals surface area contributed by atoms with Gasteiger partial charge in [0.05, 0.1) is 12.3 Å². The van der Waals surface area contributed by atoms with Crippen molar-refractivity contribution in [1.82, 2.24) is 10.3 Å². The van der Waals surface area contributed by atoms with Gasteiger partial charge < -0.3 is 24.5 Å². The fourth-order valence-corrected chi connectivity index (χ4v) is 3.60. The van der Waals surface area contributed by atoms with Gasteiger partial charge in [-0.05, 0) is 74.1 Å². The number of phenols is 1. The predicted octanol–water partition coefficient (Wildman–Crippen LogP) is 4.45. The average Bonchev–Trinajstić information content (AvgIpc) is 3.23. The molecule has 1 amide bonds. The predicted molar refractivity (Wildman–Crippen MR) is 122 cm³/mol. The maximum Gasteiger partial charge on any atom is 0.288 e. The Morgan fingerprint density at radius 2 is 1.94 bits per heavy atom. The second kappa shape index (κ2) is 10.2. The lowest BCUT2D eigenvalue weighted by Crippen LogP contribution is -2.22. The van der Waals surface area contributed by atoms with Crippen LogP contribution in [-0.2, 0) is 6.54 Å². The Morgan fingerprint density at radius 3 is 2.56 bits per heavy atom. The van der Waals surface area contributed by atoms with E-state index in [-0.39, 0.29) is 17.4 Å². The Balaban J connectivity index is 0.000000153. The molecule has 1 saturated carbocycles. The molecule has 0 unspecified atom stereocenters. The van der Waals surface area contributed by atoms with Crippen LogP contribution in [0.5, 0.6) is 11.5 Å². The van der Waals surface area contributed by atoms with Gasteiger partial charge in [0, 0.05) is 25.3 Å². The maximum absolute atomic E-state index is 11.5. The van der Waals surface area contributed by atoms with Crippen molar-refractivity contribution in [2.75, 3.05) is 18.0 Å². The summed E-state index contributed by atoms with van der Waals surface area (Å²) < 4.78 is 10.6. The van der Waals surface area contributed by atoms with E-state index in [1.54, 1.807) is 24.3 Å². The monoisotopic (exact) mass is 435 g/mol. The molecule has 2 aromatic carbocycles. The van der Waals surface area contributed by atoms with Gasteiger partial charge in [-0.1, -0.05) is 12.1 Å². The Bertz CT molecular complexity index is 1010. The molecule has 0 atom stereocenters. The van der Waals surface area contributed by atoms with Crippen LogP contribution in [0, 0.1) is 6.92 Å². The van der Waals surface area contributed by atoms with Crippen molar-refractivity contribution < 1.29 is 19.1 Å². The summed E-state index contributed by atoms with van der Waals surface area (Å²) in [5, 5.41) is 11.7. The molecule has 1 aliphatic heterocycles. The van der Waals surface area contributed by atoms with Gasteiger partial charge in [-0.25, -0.2) is 4.98 Å². The average molecular weight is 436 g/mol. The minimum atomic E-state index is -0.314. The number of nitrogens with one attached hydrogen (secondary N) is 1. The van der Waals surface area contributed by atoms with Crippen molar-refractivity contribution >= 4 is 11.6 Å². The number of nitrogens with zero attached hydrogens (tertiary/aromatic N) is 2. The van der Waals surface area contributed by atoms with Crippen LogP contribution in [0.25, 0.3) is 0 Å². The number of carbonyl (C=O) groups excluding carboxylic acids is 1. The van der Waals surface area contributed by atoms with Gasteiger partial charge in [-0.15, -0.1) is 0 Å². The lowest BCUT2D eigenvalue weighted by Gasteiger charge is -2.20. The van der Waals surface area contributed by atoms with Gasteiger partial charge in [0.2, 0.25) is 5.76 Å². The third-order valence-electron chi connectivity index (χ3n) is 5.49. The van der Waals surface area contributed by atoms with Crippen LogP contribution in [0.1, 0.15) is 47.4 Å². The van der Waals surface area contributed by atoms with Gasteiger partial charge in [0.1, 0.15) is 11.5 Å². The first-order chi connectivity index (χ1) is 15.6. The number of ether oxygens (including phenoxy) is 1. The molecule has 2 heterocycles. The molecule has 3 aromatic rings. The molecular weight excluding hydrogens is 406 g/mol. The van der Waals surface area contributed by atoms with Crippen molar-refractivity contribution in [3.63, 3.8) is 0 Å². The van der Waals surface area contributed by atoms with Gasteiger partial charge in [0.25, 0.3) is 5.91 Å². The van der Waals surface area contributed by atoms with Crippen LogP contribution in [0.3, 0.4) is 0 Å². The third kappa shape index (κ3) is 6.03. The standard InChI is InChI=1S/C14H19NO.C11H10N2O3/c1-11-10-13(16-12-4-5-12)6-7-14(11)15-8-2-3-9-15;14-9-3-1-8(2-4-9)5-13-11(15)10-6-12-7-16-10/h6-7,10,12H,2-5,8-9H2,1H3;1-4,6-7,14H,5H2,(H,13,15). The van der Waals surface area contributed by atoms with Crippen molar-refractivity contribution in [2.45, 2.75) is 45.3 Å². The SMILES string of the molecule is Cc1cc(OC2CC2)ccc1N1CCCC1.O=C(NCc1ccc(O)cc1)c1cnco1. The third-order valence-corrected chi connectivity index (χ3v) is 5.49. The number of carbonyl (C=O) groups is 1. The molecule has 1 aromatic heterocycles. The first-order valence-electron chi connectivity index (χ1n) is 11.1. The first kappa shape index (κ1) is 21.7. The number of hydrogen-bond donors (Lipinski definition) is 2.